The van der Waals surface area contributed by atoms with Crippen LogP contribution >= 0.6 is 0 Å². The van der Waals surface area contributed by atoms with Crippen LogP contribution in [0.2, 0.25) is 0 Å². The molecule has 0 aliphatic rings. The average molecular weight is 444 g/mol. The number of ether oxygens (including phenoxy) is 3. The van der Waals surface area contributed by atoms with Crippen LogP contribution in [0.25, 0.3) is 0 Å². The molecule has 31 heavy (non-hydrogen) atoms. The minimum Gasteiger partial charge on any atom is -0.872 e. The molecule has 0 aliphatic heterocycles. The summed E-state index contributed by atoms with van der Waals surface area (Å²) in [7, 11) is 1.56. The summed E-state index contributed by atoms with van der Waals surface area (Å²) >= 11 is 0. The van der Waals surface area contributed by atoms with Crippen LogP contribution in [0, 0.1) is 0 Å². The van der Waals surface area contributed by atoms with E-state index in [2.05, 4.69) is 0 Å². The third-order valence-electron chi connectivity index (χ3n) is 3.34. The quantitative estimate of drug-likeness (QED) is 0.446. The number of benzene rings is 3. The van der Waals surface area contributed by atoms with Crippen LogP contribution in [0.15, 0.2) is 72.8 Å². The number of phenols is 1. The zero-order valence-electron chi connectivity index (χ0n) is 18.8. The van der Waals surface area contributed by atoms with Crippen LogP contribution in [0.4, 0.5) is 0 Å². The largest absolute Gasteiger partial charge is 1.00 e. The molecule has 8 heteroatoms. The topological polar surface area (TPSA) is 94.0 Å². The van der Waals surface area contributed by atoms with Gasteiger partial charge in [0, 0.05) is 6.07 Å². The van der Waals surface area contributed by atoms with Crippen molar-refractivity contribution >= 4 is 0 Å². The summed E-state index contributed by atoms with van der Waals surface area (Å²) in [5.74, 6) is 2.06. The Bertz CT molecular complexity index is 828. The molecule has 0 amide bonds. The second kappa shape index (κ2) is 19.2. The predicted octanol–water partition coefficient (Wildman–Crippen LogP) is -2.27. The van der Waals surface area contributed by atoms with E-state index in [4.69, 9.17) is 19.3 Å². The van der Waals surface area contributed by atoms with Gasteiger partial charge in [0.1, 0.15) is 23.0 Å². The summed E-state index contributed by atoms with van der Waals surface area (Å²) in [6, 6.07) is 19.6. The summed E-state index contributed by atoms with van der Waals surface area (Å²) < 4.78 is 15.0. The van der Waals surface area contributed by atoms with E-state index in [0.29, 0.717) is 24.7 Å². The van der Waals surface area contributed by atoms with Crippen molar-refractivity contribution < 1.29 is 88.6 Å². The van der Waals surface area contributed by atoms with Crippen molar-refractivity contribution in [3.63, 3.8) is 0 Å². The van der Waals surface area contributed by atoms with Crippen molar-refractivity contribution in [2.24, 2.45) is 0 Å². The standard InChI is InChI=1S/2C8H10O2.C7H8O2.2Na/c1-2-10-8-5-3-7(9)4-6-8;1-2-10-8-6-4-3-5-7(8)9;1-9-7-4-2-3-6(8)5-7;;/h2*3-6,9H,2H2,1H3;2-5,8H,1H3;;/q;;;2*+1/p-2. The van der Waals surface area contributed by atoms with Crippen LogP contribution in [-0.4, -0.2) is 25.4 Å². The summed E-state index contributed by atoms with van der Waals surface area (Å²) in [5.41, 5.74) is 0. The maximum atomic E-state index is 10.9. The Hall–Kier alpha value is -1.54. The van der Waals surface area contributed by atoms with E-state index in [-0.39, 0.29) is 76.4 Å². The molecule has 3 aromatic rings. The van der Waals surface area contributed by atoms with E-state index in [1.54, 1.807) is 61.7 Å². The van der Waals surface area contributed by atoms with Crippen molar-refractivity contribution in [3.05, 3.63) is 72.8 Å². The number of rotatable bonds is 5. The summed E-state index contributed by atoms with van der Waals surface area (Å²) in [4.78, 5) is 0. The molecule has 0 saturated carbocycles. The second-order valence-electron chi connectivity index (χ2n) is 5.49. The number of hydrogen-bond donors (Lipinski definition) is 1. The molecule has 0 unspecified atom stereocenters. The molecule has 6 nitrogen and oxygen atoms in total. The van der Waals surface area contributed by atoms with Gasteiger partial charge in [0.05, 0.1) is 20.3 Å². The fraction of sp³-hybridized carbons (Fsp3) is 0.217. The van der Waals surface area contributed by atoms with Gasteiger partial charge in [-0.2, -0.15) is 0 Å². The van der Waals surface area contributed by atoms with Crippen LogP contribution in [0.3, 0.4) is 0 Å². The van der Waals surface area contributed by atoms with Crippen molar-refractivity contribution in [1.82, 2.24) is 0 Å². The van der Waals surface area contributed by atoms with E-state index in [1.807, 2.05) is 13.8 Å². The fourth-order valence-corrected chi connectivity index (χ4v) is 2.04. The van der Waals surface area contributed by atoms with Gasteiger partial charge in [-0.1, -0.05) is 42.1 Å². The maximum Gasteiger partial charge on any atom is 1.00 e. The van der Waals surface area contributed by atoms with E-state index in [9.17, 15) is 10.2 Å². The van der Waals surface area contributed by atoms with Gasteiger partial charge in [-0.3, -0.25) is 0 Å². The Balaban J connectivity index is 0. The minimum absolute atomic E-state index is 0. The Kier molecular flexibility index (Phi) is 19.6. The summed E-state index contributed by atoms with van der Waals surface area (Å²) in [5, 5.41) is 30.3. The van der Waals surface area contributed by atoms with Gasteiger partial charge in [0.25, 0.3) is 0 Å². The van der Waals surface area contributed by atoms with Gasteiger partial charge in [-0.05, 0) is 44.2 Å². The van der Waals surface area contributed by atoms with E-state index in [0.717, 1.165) is 5.75 Å². The number of aromatic hydroxyl groups is 1. The number of para-hydroxylation sites is 2. The van der Waals surface area contributed by atoms with Gasteiger partial charge in [-0.15, -0.1) is 5.75 Å². The first-order valence-electron chi connectivity index (χ1n) is 9.11. The van der Waals surface area contributed by atoms with E-state index < -0.39 is 0 Å². The molecule has 0 radical (unpaired) electrons. The molecule has 0 bridgehead atoms. The minimum atomic E-state index is -0.0515. The maximum absolute atomic E-state index is 10.9. The second-order valence-corrected chi connectivity index (χ2v) is 5.49. The third-order valence-corrected chi connectivity index (χ3v) is 3.34. The summed E-state index contributed by atoms with van der Waals surface area (Å²) in [6.45, 7) is 4.94. The van der Waals surface area contributed by atoms with Gasteiger partial charge >= 0.3 is 59.1 Å². The normalized spacial score (nSPS) is 8.61. The van der Waals surface area contributed by atoms with Crippen LogP contribution in [-0.2, 0) is 0 Å². The Morgan fingerprint density at radius 2 is 1.35 bits per heavy atom. The Labute approximate surface area is 228 Å². The Morgan fingerprint density at radius 1 is 0.742 bits per heavy atom. The zero-order chi connectivity index (χ0) is 21.5. The molecule has 0 fully saturated rings. The molecule has 0 atom stereocenters. The van der Waals surface area contributed by atoms with Crippen molar-refractivity contribution in [2.75, 3.05) is 20.3 Å². The summed E-state index contributed by atoms with van der Waals surface area (Å²) in [6.07, 6.45) is 0. The van der Waals surface area contributed by atoms with Crippen LogP contribution in [0.1, 0.15) is 13.8 Å². The third kappa shape index (κ3) is 14.2. The Morgan fingerprint density at radius 3 is 1.84 bits per heavy atom. The monoisotopic (exact) mass is 444 g/mol. The van der Waals surface area contributed by atoms with Crippen LogP contribution < -0.4 is 83.5 Å². The zero-order valence-corrected chi connectivity index (χ0v) is 22.8. The molecule has 0 aromatic heterocycles. The van der Waals surface area contributed by atoms with Crippen molar-refractivity contribution in [3.8, 4) is 34.5 Å². The molecule has 3 aromatic carbocycles. The predicted molar refractivity (Wildman–Crippen MR) is 109 cm³/mol. The van der Waals surface area contributed by atoms with Crippen LogP contribution in [0.5, 0.6) is 34.5 Å². The van der Waals surface area contributed by atoms with Gasteiger partial charge in [-0.25, -0.2) is 0 Å². The smallest absolute Gasteiger partial charge is 0.872 e. The SMILES string of the molecule is CCOc1ccc([O-])cc1.CCOc1ccccc1[O-].COc1cccc(O)c1.[Na+].[Na+]. The molecule has 3 rings (SSSR count). The van der Waals surface area contributed by atoms with Gasteiger partial charge in [0.2, 0.25) is 0 Å². The number of phenolic OH excluding ortho intramolecular Hbond substituents is 1. The first-order chi connectivity index (χ1) is 14.0. The number of methoxy groups -OCH3 is 1. The van der Waals surface area contributed by atoms with Crippen molar-refractivity contribution in [2.45, 2.75) is 13.8 Å². The molecule has 1 N–H and O–H groups in total. The van der Waals surface area contributed by atoms with Gasteiger partial charge in [0.15, 0.2) is 0 Å². The molecule has 156 valence electrons. The van der Waals surface area contributed by atoms with E-state index in [1.165, 1.54) is 18.2 Å². The number of hydrogen-bond acceptors (Lipinski definition) is 6. The molecule has 0 spiro atoms. The first-order valence-corrected chi connectivity index (χ1v) is 9.11. The average Bonchev–Trinajstić information content (AvgIpc) is 2.73. The van der Waals surface area contributed by atoms with Gasteiger partial charge < -0.3 is 29.5 Å². The fourth-order valence-electron chi connectivity index (χ4n) is 2.04. The molecular formula is C23H26Na2O6. The van der Waals surface area contributed by atoms with E-state index >= 15 is 0 Å². The van der Waals surface area contributed by atoms with Crippen molar-refractivity contribution in [1.29, 1.82) is 0 Å². The molecule has 0 aliphatic carbocycles. The molecule has 0 heterocycles. The molecular weight excluding hydrogens is 418 g/mol. The molecule has 0 saturated heterocycles. The first kappa shape index (κ1) is 31.6.